The molecule has 9 heteroatoms. The van der Waals surface area contributed by atoms with Gasteiger partial charge in [-0.05, 0) is 24.1 Å². The fourth-order valence-corrected chi connectivity index (χ4v) is 4.09. The molecule has 2 N–H and O–H groups in total. The number of Topliss-reactive ketones (excluding diaryl/α,β-unsaturated/α-hetero) is 1. The molecule has 2 aromatic rings. The second-order valence-corrected chi connectivity index (χ2v) is 8.49. The molecule has 0 fully saturated rings. The SMILES string of the molecule is CCC[C@H](NC(=O)C(O)CS(=O)(=O)Cc1ccccc1)C(=O)c1cccnn1. The predicted molar refractivity (Wildman–Crippen MR) is 103 cm³/mol. The van der Waals surface area contributed by atoms with Crippen LogP contribution >= 0.6 is 0 Å². The number of hydrogen-bond donors (Lipinski definition) is 2. The van der Waals surface area contributed by atoms with E-state index < -0.39 is 39.4 Å². The summed E-state index contributed by atoms with van der Waals surface area (Å²) in [4.78, 5) is 24.8. The number of ketones is 1. The molecule has 8 nitrogen and oxygen atoms in total. The fraction of sp³-hybridized carbons (Fsp3) is 0.368. The number of amides is 1. The second kappa shape index (κ2) is 10.0. The zero-order chi connectivity index (χ0) is 20.6. The average Bonchev–Trinajstić information content (AvgIpc) is 2.67. The lowest BCUT2D eigenvalue weighted by Crippen LogP contribution is -2.47. The Kier molecular flexibility index (Phi) is 7.77. The summed E-state index contributed by atoms with van der Waals surface area (Å²) in [5, 5.41) is 19.9. The van der Waals surface area contributed by atoms with Gasteiger partial charge in [0.2, 0.25) is 11.7 Å². The third-order valence-corrected chi connectivity index (χ3v) is 5.58. The Balaban J connectivity index is 2.01. The van der Waals surface area contributed by atoms with Crippen molar-refractivity contribution in [3.05, 3.63) is 59.9 Å². The Morgan fingerprint density at radius 1 is 1.14 bits per heavy atom. The Hall–Kier alpha value is -2.65. The van der Waals surface area contributed by atoms with Gasteiger partial charge in [0.15, 0.2) is 9.84 Å². The minimum atomic E-state index is -3.72. The Morgan fingerprint density at radius 3 is 2.46 bits per heavy atom. The van der Waals surface area contributed by atoms with E-state index in [1.807, 2.05) is 6.92 Å². The highest BCUT2D eigenvalue weighted by Gasteiger charge is 2.28. The van der Waals surface area contributed by atoms with Crippen LogP contribution in [-0.4, -0.2) is 53.3 Å². The summed E-state index contributed by atoms with van der Waals surface area (Å²) in [6.07, 6.45) is 0.568. The van der Waals surface area contributed by atoms with Crippen LogP contribution in [0.15, 0.2) is 48.7 Å². The summed E-state index contributed by atoms with van der Waals surface area (Å²) in [5.41, 5.74) is 0.657. The van der Waals surface area contributed by atoms with Crippen LogP contribution in [0.4, 0.5) is 0 Å². The topological polar surface area (TPSA) is 126 Å². The fourth-order valence-electron chi connectivity index (χ4n) is 2.64. The monoisotopic (exact) mass is 405 g/mol. The summed E-state index contributed by atoms with van der Waals surface area (Å²) in [7, 11) is -3.72. The molecule has 0 saturated heterocycles. The van der Waals surface area contributed by atoms with Crippen molar-refractivity contribution >= 4 is 21.5 Å². The summed E-state index contributed by atoms with van der Waals surface area (Å²) < 4.78 is 24.5. The van der Waals surface area contributed by atoms with Crippen molar-refractivity contribution in [1.82, 2.24) is 15.5 Å². The molecule has 1 heterocycles. The molecule has 2 rings (SSSR count). The van der Waals surface area contributed by atoms with E-state index in [-0.39, 0.29) is 11.4 Å². The summed E-state index contributed by atoms with van der Waals surface area (Å²) in [6, 6.07) is 10.6. The van der Waals surface area contributed by atoms with Crippen molar-refractivity contribution in [2.45, 2.75) is 37.7 Å². The van der Waals surface area contributed by atoms with Crippen LogP contribution in [0.5, 0.6) is 0 Å². The van der Waals surface area contributed by atoms with E-state index in [1.165, 1.54) is 12.3 Å². The molecule has 0 aliphatic carbocycles. The van der Waals surface area contributed by atoms with Gasteiger partial charge in [0, 0.05) is 6.20 Å². The van der Waals surface area contributed by atoms with Crippen LogP contribution in [-0.2, 0) is 20.4 Å². The van der Waals surface area contributed by atoms with Gasteiger partial charge in [-0.15, -0.1) is 5.10 Å². The zero-order valence-corrected chi connectivity index (χ0v) is 16.3. The largest absolute Gasteiger partial charge is 0.382 e. The van der Waals surface area contributed by atoms with Gasteiger partial charge in [-0.25, -0.2) is 8.42 Å². The van der Waals surface area contributed by atoms with Crippen LogP contribution in [0.1, 0.15) is 35.8 Å². The van der Waals surface area contributed by atoms with Crippen LogP contribution in [0.2, 0.25) is 0 Å². The van der Waals surface area contributed by atoms with Gasteiger partial charge in [-0.2, -0.15) is 5.10 Å². The van der Waals surface area contributed by atoms with Gasteiger partial charge >= 0.3 is 0 Å². The number of aliphatic hydroxyl groups is 1. The van der Waals surface area contributed by atoms with Crippen molar-refractivity contribution in [1.29, 1.82) is 0 Å². The number of benzene rings is 1. The number of rotatable bonds is 10. The maximum absolute atomic E-state index is 12.5. The molecule has 2 atom stereocenters. The molecular formula is C19H23N3O5S. The maximum Gasteiger partial charge on any atom is 0.250 e. The molecule has 0 radical (unpaired) electrons. The van der Waals surface area contributed by atoms with Crippen LogP contribution in [0, 0.1) is 0 Å². The highest BCUT2D eigenvalue weighted by molar-refractivity contribution is 7.90. The highest BCUT2D eigenvalue weighted by atomic mass is 32.2. The third kappa shape index (κ3) is 6.50. The van der Waals surface area contributed by atoms with Crippen molar-refractivity contribution in [2.24, 2.45) is 0 Å². The summed E-state index contributed by atoms with van der Waals surface area (Å²) in [6.45, 7) is 1.84. The van der Waals surface area contributed by atoms with Crippen molar-refractivity contribution in [2.75, 3.05) is 5.75 Å². The second-order valence-electron chi connectivity index (χ2n) is 6.38. The van der Waals surface area contributed by atoms with E-state index in [0.717, 1.165) is 0 Å². The van der Waals surface area contributed by atoms with Gasteiger partial charge in [0.1, 0.15) is 11.8 Å². The quantitative estimate of drug-likeness (QED) is 0.563. The highest BCUT2D eigenvalue weighted by Crippen LogP contribution is 2.09. The normalized spacial score (nSPS) is 13.5. The zero-order valence-electron chi connectivity index (χ0n) is 15.5. The van der Waals surface area contributed by atoms with Gasteiger partial charge in [-0.1, -0.05) is 43.7 Å². The first-order valence-corrected chi connectivity index (χ1v) is 10.7. The van der Waals surface area contributed by atoms with E-state index in [9.17, 15) is 23.1 Å². The van der Waals surface area contributed by atoms with Gasteiger partial charge in [-0.3, -0.25) is 9.59 Å². The van der Waals surface area contributed by atoms with E-state index in [1.54, 1.807) is 36.4 Å². The average molecular weight is 405 g/mol. The first kappa shape index (κ1) is 21.6. The number of nitrogens with zero attached hydrogens (tertiary/aromatic N) is 2. The number of nitrogens with one attached hydrogen (secondary N) is 1. The number of hydrogen-bond acceptors (Lipinski definition) is 7. The third-order valence-electron chi connectivity index (χ3n) is 3.98. The molecule has 0 spiro atoms. The standard InChI is InChI=1S/C19H23N3O5S/c1-2-7-15(18(24)16-10-6-11-20-22-16)21-19(25)17(23)13-28(26,27)12-14-8-4-3-5-9-14/h3-6,8-11,15,17,23H,2,7,12-13H2,1H3,(H,21,25)/t15-,17?/m0/s1. The van der Waals surface area contributed by atoms with E-state index in [4.69, 9.17) is 0 Å². The minimum absolute atomic E-state index is 0.0902. The Labute approximate surface area is 163 Å². The molecule has 0 aliphatic rings. The first-order valence-electron chi connectivity index (χ1n) is 8.87. The molecule has 150 valence electrons. The Bertz CT molecular complexity index is 888. The van der Waals surface area contributed by atoms with E-state index >= 15 is 0 Å². The van der Waals surface area contributed by atoms with Gasteiger partial charge in [0.05, 0.1) is 17.5 Å². The molecule has 1 aromatic heterocycles. The minimum Gasteiger partial charge on any atom is -0.382 e. The number of aliphatic hydroxyl groups excluding tert-OH is 1. The van der Waals surface area contributed by atoms with Gasteiger partial charge in [0.25, 0.3) is 0 Å². The lowest BCUT2D eigenvalue weighted by Gasteiger charge is -2.19. The molecule has 0 aliphatic heterocycles. The van der Waals surface area contributed by atoms with Crippen LogP contribution in [0.3, 0.4) is 0 Å². The number of carbonyl (C=O) groups excluding carboxylic acids is 2. The molecular weight excluding hydrogens is 382 g/mol. The van der Waals surface area contributed by atoms with Gasteiger partial charge < -0.3 is 10.4 Å². The summed E-state index contributed by atoms with van der Waals surface area (Å²) >= 11 is 0. The summed E-state index contributed by atoms with van der Waals surface area (Å²) in [5.74, 6) is -2.36. The number of aromatic nitrogens is 2. The molecule has 0 saturated carbocycles. The smallest absolute Gasteiger partial charge is 0.250 e. The van der Waals surface area contributed by atoms with Crippen molar-refractivity contribution in [3.8, 4) is 0 Å². The van der Waals surface area contributed by atoms with Crippen molar-refractivity contribution in [3.63, 3.8) is 0 Å². The van der Waals surface area contributed by atoms with Crippen molar-refractivity contribution < 1.29 is 23.1 Å². The molecule has 0 bridgehead atoms. The number of carbonyl (C=O) groups is 2. The molecule has 1 aromatic carbocycles. The Morgan fingerprint density at radius 2 is 1.86 bits per heavy atom. The predicted octanol–water partition coefficient (Wildman–Crippen LogP) is 0.920. The van der Waals surface area contributed by atoms with E-state index in [2.05, 4.69) is 15.5 Å². The first-order chi connectivity index (χ1) is 13.3. The van der Waals surface area contributed by atoms with Crippen LogP contribution < -0.4 is 5.32 Å². The lowest BCUT2D eigenvalue weighted by atomic mass is 10.0. The van der Waals surface area contributed by atoms with Crippen LogP contribution in [0.25, 0.3) is 0 Å². The molecule has 28 heavy (non-hydrogen) atoms. The maximum atomic E-state index is 12.5. The molecule has 1 unspecified atom stereocenters. The number of sulfone groups is 1. The van der Waals surface area contributed by atoms with E-state index in [0.29, 0.717) is 18.4 Å². The lowest BCUT2D eigenvalue weighted by molar-refractivity contribution is -0.128. The molecule has 1 amide bonds.